The van der Waals surface area contributed by atoms with Gasteiger partial charge in [-0.25, -0.2) is 12.7 Å². The molecule has 0 aliphatic carbocycles. The monoisotopic (exact) mass is 456 g/mol. The van der Waals surface area contributed by atoms with Crippen molar-refractivity contribution in [1.82, 2.24) is 0 Å². The van der Waals surface area contributed by atoms with E-state index in [1.54, 1.807) is 30.3 Å². The number of nitrogens with zero attached hydrogens (tertiary/aromatic N) is 1. The van der Waals surface area contributed by atoms with Gasteiger partial charge in [0.1, 0.15) is 22.6 Å². The minimum Gasteiger partial charge on any atom is -0.495 e. The number of carbonyl (C=O) groups is 1. The predicted molar refractivity (Wildman–Crippen MR) is 118 cm³/mol. The van der Waals surface area contributed by atoms with E-state index in [1.165, 1.54) is 49.9 Å². The van der Waals surface area contributed by atoms with Gasteiger partial charge in [-0.05, 0) is 48.5 Å². The van der Waals surface area contributed by atoms with Crippen molar-refractivity contribution in [2.75, 3.05) is 16.7 Å². The van der Waals surface area contributed by atoms with E-state index >= 15 is 0 Å². The summed E-state index contributed by atoms with van der Waals surface area (Å²) in [6.07, 6.45) is 2.51. The van der Waals surface area contributed by atoms with Gasteiger partial charge in [0.05, 0.1) is 13.3 Å². The minimum absolute atomic E-state index is 0.112. The Bertz CT molecular complexity index is 1280. The topological polar surface area (TPSA) is 84.9 Å². The molecular weight excluding hydrogens is 440 g/mol. The smallest absolute Gasteiger partial charge is 0.272 e. The lowest BCUT2D eigenvalue weighted by Crippen LogP contribution is -2.28. The van der Waals surface area contributed by atoms with Crippen LogP contribution in [0.4, 0.5) is 11.4 Å². The zero-order chi connectivity index (χ0) is 22.0. The van der Waals surface area contributed by atoms with E-state index < -0.39 is 10.0 Å². The molecule has 3 aromatic rings. The Balaban J connectivity index is 1.74. The fraction of sp³-hybridized carbons (Fsp3) is 0.0455. The van der Waals surface area contributed by atoms with Crippen molar-refractivity contribution in [3.63, 3.8) is 0 Å². The average Bonchev–Trinajstić information content (AvgIpc) is 2.79. The van der Waals surface area contributed by atoms with Crippen LogP contribution in [0.3, 0.4) is 0 Å². The summed E-state index contributed by atoms with van der Waals surface area (Å²) < 4.78 is 38.5. The molecule has 0 aromatic heterocycles. The van der Waals surface area contributed by atoms with Gasteiger partial charge in [-0.15, -0.1) is 0 Å². The summed E-state index contributed by atoms with van der Waals surface area (Å²) in [6.45, 7) is 0. The van der Waals surface area contributed by atoms with Crippen LogP contribution < -0.4 is 19.1 Å². The molecule has 158 valence electrons. The second-order valence-electron chi connectivity index (χ2n) is 6.50. The van der Waals surface area contributed by atoms with E-state index in [2.05, 4.69) is 5.32 Å². The molecule has 1 aliphatic rings. The lowest BCUT2D eigenvalue weighted by atomic mass is 10.1. The molecular formula is C22H17ClN2O5S. The summed E-state index contributed by atoms with van der Waals surface area (Å²) in [5, 5.41) is 3.02. The van der Waals surface area contributed by atoms with Crippen LogP contribution in [0.25, 0.3) is 0 Å². The number of amides is 1. The molecule has 31 heavy (non-hydrogen) atoms. The number of rotatable bonds is 5. The Morgan fingerprint density at radius 2 is 1.84 bits per heavy atom. The van der Waals surface area contributed by atoms with Gasteiger partial charge < -0.3 is 14.8 Å². The van der Waals surface area contributed by atoms with Crippen molar-refractivity contribution in [2.24, 2.45) is 0 Å². The molecule has 1 aliphatic heterocycles. The third kappa shape index (κ3) is 4.08. The van der Waals surface area contributed by atoms with E-state index in [-0.39, 0.29) is 38.6 Å². The number of hydrogen-bond donors (Lipinski definition) is 1. The minimum atomic E-state index is -4.12. The van der Waals surface area contributed by atoms with Crippen molar-refractivity contribution in [1.29, 1.82) is 0 Å². The number of halogens is 1. The Morgan fingerprint density at radius 1 is 1.06 bits per heavy atom. The van der Waals surface area contributed by atoms with Crippen molar-refractivity contribution >= 4 is 38.9 Å². The van der Waals surface area contributed by atoms with Gasteiger partial charge in [0, 0.05) is 16.3 Å². The lowest BCUT2D eigenvalue weighted by Gasteiger charge is -2.26. The highest BCUT2D eigenvalue weighted by atomic mass is 35.5. The molecule has 0 saturated heterocycles. The number of hydrogen-bond acceptors (Lipinski definition) is 5. The van der Waals surface area contributed by atoms with Crippen LogP contribution in [0.2, 0.25) is 5.02 Å². The van der Waals surface area contributed by atoms with Gasteiger partial charge >= 0.3 is 0 Å². The summed E-state index contributed by atoms with van der Waals surface area (Å²) in [6, 6.07) is 17.8. The number of methoxy groups -OCH3 is 1. The second-order valence-corrected chi connectivity index (χ2v) is 8.72. The molecule has 0 bridgehead atoms. The van der Waals surface area contributed by atoms with Crippen molar-refractivity contribution < 1.29 is 22.7 Å². The van der Waals surface area contributed by atoms with Crippen molar-refractivity contribution in [3.05, 3.63) is 89.8 Å². The molecule has 0 unspecified atom stereocenters. The average molecular weight is 457 g/mol. The van der Waals surface area contributed by atoms with Crippen molar-refractivity contribution in [2.45, 2.75) is 4.90 Å². The number of carbonyl (C=O) groups excluding carboxylic acids is 1. The van der Waals surface area contributed by atoms with Crippen LogP contribution in [0.5, 0.6) is 11.5 Å². The zero-order valence-electron chi connectivity index (χ0n) is 16.3. The number of fused-ring (bicyclic) bond motifs is 1. The molecule has 0 saturated carbocycles. The Morgan fingerprint density at radius 3 is 2.58 bits per heavy atom. The van der Waals surface area contributed by atoms with E-state index in [9.17, 15) is 13.2 Å². The molecule has 0 fully saturated rings. The molecule has 0 radical (unpaired) electrons. The highest BCUT2D eigenvalue weighted by Gasteiger charge is 2.31. The first-order valence-electron chi connectivity index (χ1n) is 9.12. The maximum atomic E-state index is 13.4. The molecule has 0 atom stereocenters. The van der Waals surface area contributed by atoms with Gasteiger partial charge in [-0.2, -0.15) is 0 Å². The first-order valence-corrected chi connectivity index (χ1v) is 10.9. The summed E-state index contributed by atoms with van der Waals surface area (Å²) in [7, 11) is -2.74. The van der Waals surface area contributed by atoms with Crippen LogP contribution in [0, 0.1) is 0 Å². The van der Waals surface area contributed by atoms with Gasteiger partial charge in [-0.1, -0.05) is 29.8 Å². The fourth-order valence-corrected chi connectivity index (χ4v) is 4.80. The highest BCUT2D eigenvalue weighted by molar-refractivity contribution is 7.93. The summed E-state index contributed by atoms with van der Waals surface area (Å²) in [5.41, 5.74) is 1.07. The van der Waals surface area contributed by atoms with E-state index in [4.69, 9.17) is 21.1 Å². The number of anilines is 2. The first kappa shape index (κ1) is 20.8. The Labute approximate surface area is 184 Å². The summed E-state index contributed by atoms with van der Waals surface area (Å²) in [4.78, 5) is 12.6. The number of para-hydroxylation sites is 1. The van der Waals surface area contributed by atoms with Crippen LogP contribution >= 0.6 is 11.6 Å². The SMILES string of the molecule is COc1ccc(Cl)cc1S(=O)(=O)N1C=COc2ccc(C(=O)Nc3ccccc3)cc21. The molecule has 1 N–H and O–H groups in total. The molecule has 1 amide bonds. The van der Waals surface area contributed by atoms with Gasteiger partial charge in [0.15, 0.2) is 5.75 Å². The lowest BCUT2D eigenvalue weighted by molar-refractivity contribution is 0.102. The van der Waals surface area contributed by atoms with E-state index in [1.807, 2.05) is 6.07 Å². The van der Waals surface area contributed by atoms with E-state index in [0.717, 1.165) is 4.31 Å². The first-order chi connectivity index (χ1) is 14.9. The molecule has 4 rings (SSSR count). The van der Waals surface area contributed by atoms with Crippen LogP contribution in [0.1, 0.15) is 10.4 Å². The largest absolute Gasteiger partial charge is 0.495 e. The van der Waals surface area contributed by atoms with Crippen LogP contribution in [-0.4, -0.2) is 21.4 Å². The Kier molecular flexibility index (Phi) is 5.58. The zero-order valence-corrected chi connectivity index (χ0v) is 17.9. The molecule has 7 nitrogen and oxygen atoms in total. The number of ether oxygens (including phenoxy) is 2. The number of sulfonamides is 1. The van der Waals surface area contributed by atoms with Crippen LogP contribution in [-0.2, 0) is 10.0 Å². The quantitative estimate of drug-likeness (QED) is 0.603. The third-order valence-electron chi connectivity index (χ3n) is 4.54. The maximum absolute atomic E-state index is 13.4. The van der Waals surface area contributed by atoms with Crippen molar-refractivity contribution in [3.8, 4) is 11.5 Å². The normalized spacial score (nSPS) is 12.6. The Hall–Kier alpha value is -3.49. The third-order valence-corrected chi connectivity index (χ3v) is 6.49. The summed E-state index contributed by atoms with van der Waals surface area (Å²) in [5.74, 6) is 0.0355. The van der Waals surface area contributed by atoms with Gasteiger partial charge in [0.2, 0.25) is 0 Å². The van der Waals surface area contributed by atoms with Gasteiger partial charge in [0.25, 0.3) is 15.9 Å². The number of benzene rings is 3. The van der Waals surface area contributed by atoms with Crippen LogP contribution in [0.15, 0.2) is 84.1 Å². The second kappa shape index (κ2) is 8.33. The predicted octanol–water partition coefficient (Wildman–Crippen LogP) is 4.66. The molecule has 0 spiro atoms. The summed E-state index contributed by atoms with van der Waals surface area (Å²) >= 11 is 6.03. The molecule has 1 heterocycles. The molecule has 3 aromatic carbocycles. The highest BCUT2D eigenvalue weighted by Crippen LogP contribution is 2.39. The maximum Gasteiger partial charge on any atom is 0.272 e. The molecule has 9 heteroatoms. The van der Waals surface area contributed by atoms with E-state index in [0.29, 0.717) is 5.69 Å². The fourth-order valence-electron chi connectivity index (χ4n) is 3.06. The standard InChI is InChI=1S/C22H17ClN2O5S/c1-29-20-10-8-16(23)14-21(20)31(27,28)25-11-12-30-19-9-7-15(13-18(19)25)22(26)24-17-5-3-2-4-6-17/h2-14H,1H3,(H,24,26). The van der Waals surface area contributed by atoms with Gasteiger partial charge in [-0.3, -0.25) is 4.79 Å². The number of nitrogens with one attached hydrogen (secondary N) is 1.